The van der Waals surface area contributed by atoms with Crippen molar-refractivity contribution in [2.45, 2.75) is 59.6 Å². The van der Waals surface area contributed by atoms with E-state index in [2.05, 4.69) is 50.0 Å². The number of anilines is 4. The predicted octanol–water partition coefficient (Wildman–Crippen LogP) is 6.52. The number of aryl methyl sites for hydroxylation is 1. The SMILES string of the molecule is CCCCN(CC)c1cc(C)nc2c1NC(=O)CN2c1ccc(C(C)C)cc1Cl.O=C(O)C(F)(F)F. The summed E-state index contributed by atoms with van der Waals surface area (Å²) < 4.78 is 31.7. The summed E-state index contributed by atoms with van der Waals surface area (Å²) >= 11 is 6.65. The number of hydrogen-bond acceptors (Lipinski definition) is 5. The number of hydrogen-bond donors (Lipinski definition) is 2. The minimum absolute atomic E-state index is 0.0556. The number of amides is 1. The van der Waals surface area contributed by atoms with Crippen molar-refractivity contribution in [2.75, 3.05) is 34.8 Å². The Morgan fingerprint density at radius 1 is 1.28 bits per heavy atom. The molecule has 0 atom stereocenters. The lowest BCUT2D eigenvalue weighted by Gasteiger charge is -2.34. The Labute approximate surface area is 214 Å². The van der Waals surface area contributed by atoms with Crippen molar-refractivity contribution in [3.05, 3.63) is 40.5 Å². The van der Waals surface area contributed by atoms with Crippen LogP contribution in [0.5, 0.6) is 0 Å². The first-order chi connectivity index (χ1) is 16.8. The Morgan fingerprint density at radius 2 is 1.92 bits per heavy atom. The van der Waals surface area contributed by atoms with Gasteiger partial charge in [0.05, 0.1) is 16.4 Å². The number of pyridine rings is 1. The second-order valence-corrected chi connectivity index (χ2v) is 9.12. The van der Waals surface area contributed by atoms with E-state index in [1.54, 1.807) is 0 Å². The van der Waals surface area contributed by atoms with Gasteiger partial charge in [-0.1, -0.05) is 44.9 Å². The van der Waals surface area contributed by atoms with Crippen LogP contribution in [0.1, 0.15) is 57.7 Å². The molecule has 3 rings (SSSR count). The van der Waals surface area contributed by atoms with Crippen molar-refractivity contribution < 1.29 is 27.9 Å². The average molecular weight is 529 g/mol. The Kier molecular flexibility index (Phi) is 9.98. The summed E-state index contributed by atoms with van der Waals surface area (Å²) in [4.78, 5) is 30.5. The van der Waals surface area contributed by atoms with Crippen molar-refractivity contribution in [3.8, 4) is 0 Å². The quantitative estimate of drug-likeness (QED) is 0.425. The molecule has 0 saturated heterocycles. The van der Waals surface area contributed by atoms with Crippen LogP contribution >= 0.6 is 11.6 Å². The lowest BCUT2D eigenvalue weighted by Crippen LogP contribution is -2.37. The molecule has 1 aromatic heterocycles. The molecular weight excluding hydrogens is 497 g/mol. The molecule has 0 unspecified atom stereocenters. The summed E-state index contributed by atoms with van der Waals surface area (Å²) in [7, 11) is 0. The zero-order chi connectivity index (χ0) is 27.2. The van der Waals surface area contributed by atoms with Gasteiger partial charge in [-0.05, 0) is 49.9 Å². The Bertz CT molecular complexity index is 1090. The number of nitrogens with one attached hydrogen (secondary N) is 1. The van der Waals surface area contributed by atoms with Gasteiger partial charge in [0.1, 0.15) is 12.2 Å². The number of carboxylic acids is 1. The highest BCUT2D eigenvalue weighted by Gasteiger charge is 2.38. The number of aromatic nitrogens is 1. The Balaban J connectivity index is 0.000000572. The summed E-state index contributed by atoms with van der Waals surface area (Å²) in [5.41, 5.74) is 4.71. The number of carbonyl (C=O) groups excluding carboxylic acids is 1. The van der Waals surface area contributed by atoms with E-state index < -0.39 is 12.1 Å². The minimum Gasteiger partial charge on any atom is -0.475 e. The maximum absolute atomic E-state index is 12.6. The van der Waals surface area contributed by atoms with Crippen molar-refractivity contribution in [1.82, 2.24) is 4.98 Å². The molecule has 11 heteroatoms. The summed E-state index contributed by atoms with van der Waals surface area (Å²) in [6.45, 7) is 12.6. The van der Waals surface area contributed by atoms with Gasteiger partial charge in [0, 0.05) is 18.8 Å². The number of fused-ring (bicyclic) bond motifs is 1. The van der Waals surface area contributed by atoms with Gasteiger partial charge in [0.2, 0.25) is 5.91 Å². The van der Waals surface area contributed by atoms with Crippen LogP contribution in [-0.2, 0) is 9.59 Å². The largest absolute Gasteiger partial charge is 0.490 e. The third-order valence-electron chi connectivity index (χ3n) is 5.61. The maximum atomic E-state index is 12.6. The third kappa shape index (κ3) is 7.25. The van der Waals surface area contributed by atoms with Crippen molar-refractivity contribution >= 4 is 46.4 Å². The molecular formula is C25H32ClF3N4O3. The number of rotatable bonds is 7. The summed E-state index contributed by atoms with van der Waals surface area (Å²) in [5, 5.41) is 10.8. The first-order valence-electron chi connectivity index (χ1n) is 11.7. The van der Waals surface area contributed by atoms with Crippen LogP contribution in [0.15, 0.2) is 24.3 Å². The average Bonchev–Trinajstić information content (AvgIpc) is 2.79. The molecule has 0 spiro atoms. The zero-order valence-corrected chi connectivity index (χ0v) is 21.8. The van der Waals surface area contributed by atoms with Gasteiger partial charge in [0.15, 0.2) is 5.82 Å². The van der Waals surface area contributed by atoms with Gasteiger partial charge in [0.25, 0.3) is 0 Å². The van der Waals surface area contributed by atoms with Crippen molar-refractivity contribution in [2.24, 2.45) is 0 Å². The predicted molar refractivity (Wildman–Crippen MR) is 137 cm³/mol. The highest BCUT2D eigenvalue weighted by Crippen LogP contribution is 2.43. The number of carboxylic acid groups (broad SMARTS) is 1. The van der Waals surface area contributed by atoms with E-state index in [-0.39, 0.29) is 12.5 Å². The lowest BCUT2D eigenvalue weighted by molar-refractivity contribution is -0.192. The number of halogens is 4. The molecule has 36 heavy (non-hydrogen) atoms. The van der Waals surface area contributed by atoms with E-state index in [1.165, 1.54) is 5.56 Å². The van der Waals surface area contributed by atoms with Crippen molar-refractivity contribution in [3.63, 3.8) is 0 Å². The fourth-order valence-corrected chi connectivity index (χ4v) is 3.99. The molecule has 2 aromatic rings. The number of nitrogens with zero attached hydrogens (tertiary/aromatic N) is 3. The summed E-state index contributed by atoms with van der Waals surface area (Å²) in [6.07, 6.45) is -2.86. The fourth-order valence-electron chi connectivity index (χ4n) is 3.70. The first-order valence-corrected chi connectivity index (χ1v) is 12.1. The number of carbonyl (C=O) groups is 2. The molecule has 2 N–H and O–H groups in total. The van der Waals surface area contributed by atoms with Gasteiger partial charge < -0.3 is 20.2 Å². The number of unbranched alkanes of at least 4 members (excludes halogenated alkanes) is 1. The van der Waals surface area contributed by atoms with E-state index in [0.29, 0.717) is 10.9 Å². The molecule has 1 aromatic carbocycles. The molecule has 0 aliphatic carbocycles. The van der Waals surface area contributed by atoms with Gasteiger partial charge in [-0.3, -0.25) is 4.79 Å². The van der Waals surface area contributed by atoms with E-state index >= 15 is 0 Å². The topological polar surface area (TPSA) is 85.8 Å². The monoisotopic (exact) mass is 528 g/mol. The van der Waals surface area contributed by atoms with Gasteiger partial charge >= 0.3 is 12.1 Å². The smallest absolute Gasteiger partial charge is 0.475 e. The van der Waals surface area contributed by atoms with Crippen molar-refractivity contribution in [1.29, 1.82) is 0 Å². The van der Waals surface area contributed by atoms with Crippen LogP contribution in [-0.4, -0.2) is 47.8 Å². The molecule has 1 aliphatic heterocycles. The standard InChI is InChI=1S/C23H31ClN4O.C2HF3O2/c1-6-8-11-27(7-2)20-12-16(5)25-23-22(20)26-21(29)14-28(23)19-10-9-17(15(3)4)13-18(19)24;3-2(4,5)1(6)7/h9-10,12-13,15H,6-8,11,14H2,1-5H3,(H,26,29);(H,6,7). The second kappa shape index (κ2) is 12.3. The molecule has 1 amide bonds. The van der Waals surface area contributed by atoms with E-state index in [1.807, 2.05) is 24.0 Å². The lowest BCUT2D eigenvalue weighted by atomic mass is 10.0. The van der Waals surface area contributed by atoms with Gasteiger partial charge in [-0.25, -0.2) is 9.78 Å². The number of alkyl halides is 3. The molecule has 0 bridgehead atoms. The third-order valence-corrected chi connectivity index (χ3v) is 5.91. The van der Waals surface area contributed by atoms with Crippen LogP contribution in [0, 0.1) is 6.92 Å². The number of benzene rings is 1. The molecule has 0 radical (unpaired) electrons. The Hall–Kier alpha value is -3.01. The molecule has 7 nitrogen and oxygen atoms in total. The highest BCUT2D eigenvalue weighted by molar-refractivity contribution is 6.33. The van der Waals surface area contributed by atoms with E-state index in [4.69, 9.17) is 26.5 Å². The molecule has 1 aliphatic rings. The fraction of sp³-hybridized carbons (Fsp3) is 0.480. The highest BCUT2D eigenvalue weighted by atomic mass is 35.5. The molecule has 0 fully saturated rings. The maximum Gasteiger partial charge on any atom is 0.490 e. The summed E-state index contributed by atoms with van der Waals surface area (Å²) in [6, 6.07) is 8.13. The zero-order valence-electron chi connectivity index (χ0n) is 21.0. The number of aliphatic carboxylic acids is 1. The van der Waals surface area contributed by atoms with Crippen LogP contribution in [0.2, 0.25) is 5.02 Å². The van der Waals surface area contributed by atoms with Crippen LogP contribution in [0.3, 0.4) is 0 Å². The first kappa shape index (κ1) is 29.2. The molecule has 198 valence electrons. The molecule has 2 heterocycles. The second-order valence-electron chi connectivity index (χ2n) is 8.72. The summed E-state index contributed by atoms with van der Waals surface area (Å²) in [5.74, 6) is -1.66. The van der Waals surface area contributed by atoms with E-state index in [9.17, 15) is 18.0 Å². The van der Waals surface area contributed by atoms with Gasteiger partial charge in [-0.15, -0.1) is 0 Å². The Morgan fingerprint density at radius 3 is 2.42 bits per heavy atom. The van der Waals surface area contributed by atoms with Crippen LogP contribution in [0.4, 0.5) is 36.1 Å². The normalized spacial score (nSPS) is 13.1. The van der Waals surface area contributed by atoms with Gasteiger partial charge in [-0.2, -0.15) is 13.2 Å². The molecule has 0 saturated carbocycles. The van der Waals surface area contributed by atoms with Crippen LogP contribution in [0.25, 0.3) is 0 Å². The minimum atomic E-state index is -5.08. The van der Waals surface area contributed by atoms with Crippen LogP contribution < -0.4 is 15.1 Å². The van der Waals surface area contributed by atoms with E-state index in [0.717, 1.165) is 54.5 Å².